The van der Waals surface area contributed by atoms with Crippen molar-refractivity contribution in [1.82, 2.24) is 4.90 Å². The average Bonchev–Trinajstić information content (AvgIpc) is 2.75. The first-order valence-corrected chi connectivity index (χ1v) is 5.64. The molecule has 0 spiro atoms. The van der Waals surface area contributed by atoms with Crippen LogP contribution in [-0.2, 0) is 0 Å². The van der Waals surface area contributed by atoms with Gasteiger partial charge < -0.3 is 10.0 Å². The molecule has 1 heterocycles. The molecule has 4 heteroatoms. The molecule has 1 aliphatic heterocycles. The van der Waals surface area contributed by atoms with E-state index in [0.29, 0.717) is 11.5 Å². The predicted molar refractivity (Wildman–Crippen MR) is 62.5 cm³/mol. The number of phenolic OH excluding ortho intramolecular Hbond substituents is 1. The van der Waals surface area contributed by atoms with Gasteiger partial charge in [-0.1, -0.05) is 6.92 Å². The molecule has 1 atom stereocenters. The Morgan fingerprint density at radius 1 is 1.59 bits per heavy atom. The molecule has 1 N–H and O–H groups in total. The highest BCUT2D eigenvalue weighted by Gasteiger charge is 2.24. The molecule has 0 saturated carbocycles. The monoisotopic (exact) mass is 230 g/mol. The standard InChI is InChI=1S/C13H14N2O2/c1-9-4-5-15(8-9)13(17)10-2-3-12(16)11(6-10)7-14/h2-3,6,9,16H,4-5,8H2,1H3/t9-/m0/s1. The molecule has 0 aliphatic carbocycles. The lowest BCUT2D eigenvalue weighted by atomic mass is 10.1. The smallest absolute Gasteiger partial charge is 0.253 e. The Morgan fingerprint density at radius 3 is 2.94 bits per heavy atom. The lowest BCUT2D eigenvalue weighted by Gasteiger charge is -2.16. The first-order valence-electron chi connectivity index (χ1n) is 5.64. The molecule has 0 aromatic heterocycles. The van der Waals surface area contributed by atoms with E-state index in [1.807, 2.05) is 6.07 Å². The Morgan fingerprint density at radius 2 is 2.35 bits per heavy atom. The number of aromatic hydroxyl groups is 1. The minimum absolute atomic E-state index is 0.0640. The van der Waals surface area contributed by atoms with Gasteiger partial charge in [0.05, 0.1) is 5.56 Å². The van der Waals surface area contributed by atoms with Crippen LogP contribution >= 0.6 is 0 Å². The summed E-state index contributed by atoms with van der Waals surface area (Å²) in [5.74, 6) is 0.385. The highest BCUT2D eigenvalue weighted by molar-refractivity contribution is 5.95. The number of likely N-dealkylation sites (tertiary alicyclic amines) is 1. The van der Waals surface area contributed by atoms with Gasteiger partial charge in [0.25, 0.3) is 5.91 Å². The molecule has 88 valence electrons. The number of hydrogen-bond donors (Lipinski definition) is 1. The van der Waals surface area contributed by atoms with Gasteiger partial charge in [0.1, 0.15) is 11.8 Å². The second kappa shape index (κ2) is 4.46. The molecular weight excluding hydrogens is 216 g/mol. The van der Waals surface area contributed by atoms with Crippen molar-refractivity contribution < 1.29 is 9.90 Å². The fourth-order valence-electron chi connectivity index (χ4n) is 2.06. The summed E-state index contributed by atoms with van der Waals surface area (Å²) in [4.78, 5) is 13.9. The second-order valence-corrected chi connectivity index (χ2v) is 4.49. The van der Waals surface area contributed by atoms with E-state index in [4.69, 9.17) is 5.26 Å². The summed E-state index contributed by atoms with van der Waals surface area (Å²) in [6.45, 7) is 3.65. The molecule has 17 heavy (non-hydrogen) atoms. The molecule has 1 aliphatic rings. The lowest BCUT2D eigenvalue weighted by Crippen LogP contribution is -2.28. The number of rotatable bonds is 1. The molecule has 0 unspecified atom stereocenters. The third kappa shape index (κ3) is 2.23. The lowest BCUT2D eigenvalue weighted by molar-refractivity contribution is 0.0788. The van der Waals surface area contributed by atoms with Crippen molar-refractivity contribution in [1.29, 1.82) is 5.26 Å². The molecule has 0 bridgehead atoms. The fraction of sp³-hybridized carbons (Fsp3) is 0.385. The van der Waals surface area contributed by atoms with Crippen molar-refractivity contribution in [3.8, 4) is 11.8 Å². The number of hydrogen-bond acceptors (Lipinski definition) is 3. The zero-order valence-corrected chi connectivity index (χ0v) is 9.68. The van der Waals surface area contributed by atoms with Gasteiger partial charge in [-0.15, -0.1) is 0 Å². The van der Waals surface area contributed by atoms with E-state index in [-0.39, 0.29) is 17.2 Å². The van der Waals surface area contributed by atoms with Crippen molar-refractivity contribution in [2.24, 2.45) is 5.92 Å². The zero-order valence-electron chi connectivity index (χ0n) is 9.68. The molecule has 1 saturated heterocycles. The van der Waals surface area contributed by atoms with E-state index >= 15 is 0 Å². The van der Waals surface area contributed by atoms with Crippen LogP contribution in [0.3, 0.4) is 0 Å². The van der Waals surface area contributed by atoms with Crippen molar-refractivity contribution >= 4 is 5.91 Å². The highest BCUT2D eigenvalue weighted by atomic mass is 16.3. The summed E-state index contributed by atoms with van der Waals surface area (Å²) >= 11 is 0. The molecule has 2 rings (SSSR count). The summed E-state index contributed by atoms with van der Waals surface area (Å²) in [5, 5.41) is 18.2. The summed E-state index contributed by atoms with van der Waals surface area (Å²) in [6, 6.07) is 6.27. The quantitative estimate of drug-likeness (QED) is 0.799. The minimum Gasteiger partial charge on any atom is -0.507 e. The van der Waals surface area contributed by atoms with Crippen LogP contribution in [0.4, 0.5) is 0 Å². The van der Waals surface area contributed by atoms with Crippen LogP contribution in [0.2, 0.25) is 0 Å². The van der Waals surface area contributed by atoms with Crippen molar-refractivity contribution in [3.63, 3.8) is 0 Å². The van der Waals surface area contributed by atoms with Gasteiger partial charge in [0.15, 0.2) is 0 Å². The third-order valence-electron chi connectivity index (χ3n) is 3.08. The maximum atomic E-state index is 12.1. The second-order valence-electron chi connectivity index (χ2n) is 4.49. The molecular formula is C13H14N2O2. The average molecular weight is 230 g/mol. The van der Waals surface area contributed by atoms with E-state index in [2.05, 4.69) is 6.92 Å². The highest BCUT2D eigenvalue weighted by Crippen LogP contribution is 2.21. The maximum absolute atomic E-state index is 12.1. The predicted octanol–water partition coefficient (Wildman–Crippen LogP) is 1.75. The number of benzene rings is 1. The van der Waals surface area contributed by atoms with E-state index in [1.165, 1.54) is 12.1 Å². The van der Waals surface area contributed by atoms with Crippen LogP contribution < -0.4 is 0 Å². The summed E-state index contributed by atoms with van der Waals surface area (Å²) in [7, 11) is 0. The normalized spacial score (nSPS) is 19.1. The Hall–Kier alpha value is -2.02. The van der Waals surface area contributed by atoms with E-state index in [0.717, 1.165) is 19.5 Å². The van der Waals surface area contributed by atoms with Gasteiger partial charge in [-0.2, -0.15) is 5.26 Å². The van der Waals surface area contributed by atoms with Crippen LogP contribution in [0.15, 0.2) is 18.2 Å². The van der Waals surface area contributed by atoms with Crippen LogP contribution in [0, 0.1) is 17.2 Å². The fourth-order valence-corrected chi connectivity index (χ4v) is 2.06. The van der Waals surface area contributed by atoms with Gasteiger partial charge in [0, 0.05) is 18.7 Å². The molecule has 1 aromatic rings. The van der Waals surface area contributed by atoms with Gasteiger partial charge in [0.2, 0.25) is 0 Å². The number of carbonyl (C=O) groups excluding carboxylic acids is 1. The van der Waals surface area contributed by atoms with Gasteiger partial charge in [-0.25, -0.2) is 0 Å². The SMILES string of the molecule is C[C@H]1CCN(C(=O)c2ccc(O)c(C#N)c2)C1. The molecule has 1 amide bonds. The Bertz CT molecular complexity index is 491. The number of carbonyl (C=O) groups is 1. The Kier molecular flexibility index (Phi) is 3.01. The van der Waals surface area contributed by atoms with E-state index < -0.39 is 0 Å². The Balaban J connectivity index is 2.23. The van der Waals surface area contributed by atoms with Crippen molar-refractivity contribution in [2.75, 3.05) is 13.1 Å². The zero-order chi connectivity index (χ0) is 12.4. The first kappa shape index (κ1) is 11.5. The molecule has 4 nitrogen and oxygen atoms in total. The molecule has 1 fully saturated rings. The van der Waals surface area contributed by atoms with Crippen LogP contribution in [0.25, 0.3) is 0 Å². The largest absolute Gasteiger partial charge is 0.507 e. The Labute approximate surface area is 100 Å². The summed E-state index contributed by atoms with van der Waals surface area (Å²) in [6.07, 6.45) is 1.02. The van der Waals surface area contributed by atoms with Crippen LogP contribution in [0.1, 0.15) is 29.3 Å². The number of nitriles is 1. The number of nitrogens with zero attached hydrogens (tertiary/aromatic N) is 2. The van der Waals surface area contributed by atoms with E-state index in [1.54, 1.807) is 11.0 Å². The van der Waals surface area contributed by atoms with Crippen LogP contribution in [-0.4, -0.2) is 29.0 Å². The maximum Gasteiger partial charge on any atom is 0.253 e. The van der Waals surface area contributed by atoms with Gasteiger partial charge in [-0.3, -0.25) is 4.79 Å². The number of amides is 1. The first-order chi connectivity index (χ1) is 8.11. The summed E-state index contributed by atoms with van der Waals surface area (Å²) < 4.78 is 0. The topological polar surface area (TPSA) is 64.3 Å². The number of phenols is 1. The third-order valence-corrected chi connectivity index (χ3v) is 3.08. The van der Waals surface area contributed by atoms with Crippen LogP contribution in [0.5, 0.6) is 5.75 Å². The van der Waals surface area contributed by atoms with Gasteiger partial charge >= 0.3 is 0 Å². The summed E-state index contributed by atoms with van der Waals surface area (Å²) in [5.41, 5.74) is 0.608. The van der Waals surface area contributed by atoms with Crippen molar-refractivity contribution in [2.45, 2.75) is 13.3 Å². The molecule has 0 radical (unpaired) electrons. The van der Waals surface area contributed by atoms with Gasteiger partial charge in [-0.05, 0) is 30.5 Å². The molecule has 1 aromatic carbocycles. The minimum atomic E-state index is -0.0844. The van der Waals surface area contributed by atoms with E-state index in [9.17, 15) is 9.90 Å². The van der Waals surface area contributed by atoms with Crippen molar-refractivity contribution in [3.05, 3.63) is 29.3 Å².